The zero-order valence-electron chi connectivity index (χ0n) is 23.9. The molecule has 1 aromatic heterocycles. The van der Waals surface area contributed by atoms with Crippen LogP contribution in [-0.2, 0) is 14.8 Å². The van der Waals surface area contributed by atoms with Gasteiger partial charge in [-0.2, -0.15) is 0 Å². The van der Waals surface area contributed by atoms with Crippen LogP contribution in [0, 0.1) is 13.8 Å². The zero-order valence-corrected chi connectivity index (χ0v) is 25.5. The minimum Gasteiger partial charge on any atom is -0.491 e. The van der Waals surface area contributed by atoms with Crippen molar-refractivity contribution < 1.29 is 23.1 Å². The fourth-order valence-electron chi connectivity index (χ4n) is 4.77. The van der Waals surface area contributed by atoms with Crippen LogP contribution >= 0.6 is 11.6 Å². The number of rotatable bonds is 12. The second-order valence-electron chi connectivity index (χ2n) is 10.4. The highest BCUT2D eigenvalue weighted by Crippen LogP contribution is 2.37. The standard InChI is InChI=1S/C33H32ClN3O5S/c1-22-12-15-26(19-23(22)2)37-30-21-31(42-18-8-4-7-11-32(38)39)29(36-43(40,41)27-16-13-25(34)14-17-27)20-28(30)35-33(37)24-9-5-3-6-10-24/h3,5-6,9-10,12-17,19-21,36H,4,7-8,11,18H2,1-2H3,(H,38,39). The van der Waals surface area contributed by atoms with Gasteiger partial charge in [0.05, 0.1) is 28.2 Å². The molecule has 0 fully saturated rings. The first kappa shape index (κ1) is 30.1. The lowest BCUT2D eigenvalue weighted by Crippen LogP contribution is -2.14. The number of imidazole rings is 1. The summed E-state index contributed by atoms with van der Waals surface area (Å²) >= 11 is 5.98. The number of hydrogen-bond donors (Lipinski definition) is 2. The molecule has 0 aliphatic heterocycles. The van der Waals surface area contributed by atoms with E-state index in [1.165, 1.54) is 29.8 Å². The maximum absolute atomic E-state index is 13.4. The van der Waals surface area contributed by atoms with Gasteiger partial charge in [0.25, 0.3) is 10.0 Å². The van der Waals surface area contributed by atoms with Crippen LogP contribution in [0.5, 0.6) is 5.75 Å². The number of halogens is 1. The lowest BCUT2D eigenvalue weighted by molar-refractivity contribution is -0.137. The number of hydrogen-bond acceptors (Lipinski definition) is 5. The van der Waals surface area contributed by atoms with E-state index in [0.29, 0.717) is 41.4 Å². The highest BCUT2D eigenvalue weighted by Gasteiger charge is 2.22. The Morgan fingerprint density at radius 3 is 2.37 bits per heavy atom. The molecule has 0 bridgehead atoms. The van der Waals surface area contributed by atoms with Gasteiger partial charge in [-0.25, -0.2) is 13.4 Å². The van der Waals surface area contributed by atoms with Crippen LogP contribution < -0.4 is 9.46 Å². The molecular weight excluding hydrogens is 586 g/mol. The van der Waals surface area contributed by atoms with Crippen LogP contribution in [0.4, 0.5) is 5.69 Å². The number of carboxylic acids is 1. The number of aryl methyl sites for hydroxylation is 2. The number of carbonyl (C=O) groups is 1. The summed E-state index contributed by atoms with van der Waals surface area (Å²) in [4.78, 5) is 15.9. The van der Waals surface area contributed by atoms with Crippen molar-refractivity contribution >= 4 is 44.3 Å². The number of unbranched alkanes of at least 4 members (excludes halogenated alkanes) is 2. The van der Waals surface area contributed by atoms with E-state index in [9.17, 15) is 13.2 Å². The van der Waals surface area contributed by atoms with Gasteiger partial charge in [-0.05, 0) is 86.7 Å². The van der Waals surface area contributed by atoms with Crippen molar-refractivity contribution in [2.24, 2.45) is 0 Å². The Balaban J connectivity index is 1.61. The fourth-order valence-corrected chi connectivity index (χ4v) is 5.95. The number of carboxylic acid groups (broad SMARTS) is 1. The van der Waals surface area contributed by atoms with Crippen molar-refractivity contribution in [3.05, 3.63) is 101 Å². The van der Waals surface area contributed by atoms with E-state index in [1.807, 2.05) is 41.0 Å². The minimum absolute atomic E-state index is 0.0576. The predicted octanol–water partition coefficient (Wildman–Crippen LogP) is 7.79. The normalized spacial score (nSPS) is 11.5. The first-order chi connectivity index (χ1) is 20.6. The second kappa shape index (κ2) is 12.9. The van der Waals surface area contributed by atoms with E-state index in [0.717, 1.165) is 22.3 Å². The van der Waals surface area contributed by atoms with Crippen molar-refractivity contribution in [3.63, 3.8) is 0 Å². The summed E-state index contributed by atoms with van der Waals surface area (Å²) in [7, 11) is -3.98. The SMILES string of the molecule is Cc1ccc(-n2c(-c3ccccc3)nc3cc(NS(=O)(=O)c4ccc(Cl)cc4)c(OCCCCCC(=O)O)cc32)cc1C. The summed E-state index contributed by atoms with van der Waals surface area (Å²) in [5, 5.41) is 9.36. The van der Waals surface area contributed by atoms with Crippen molar-refractivity contribution in [2.45, 2.75) is 44.4 Å². The molecule has 0 atom stereocenters. The third kappa shape index (κ3) is 7.01. The number of anilines is 1. The van der Waals surface area contributed by atoms with Gasteiger partial charge in [0, 0.05) is 28.8 Å². The summed E-state index contributed by atoms with van der Waals surface area (Å²) < 4.78 is 37.6. The molecule has 4 aromatic carbocycles. The number of fused-ring (bicyclic) bond motifs is 1. The molecule has 10 heteroatoms. The smallest absolute Gasteiger partial charge is 0.303 e. The number of ether oxygens (including phenoxy) is 1. The highest BCUT2D eigenvalue weighted by atomic mass is 35.5. The number of nitrogens with zero attached hydrogens (tertiary/aromatic N) is 2. The highest BCUT2D eigenvalue weighted by molar-refractivity contribution is 7.92. The second-order valence-corrected chi connectivity index (χ2v) is 12.5. The van der Waals surface area contributed by atoms with E-state index >= 15 is 0 Å². The van der Waals surface area contributed by atoms with Gasteiger partial charge in [0.2, 0.25) is 0 Å². The molecule has 0 saturated heterocycles. The average molecular weight is 618 g/mol. The average Bonchev–Trinajstić information content (AvgIpc) is 3.35. The molecular formula is C33H32ClN3O5S. The summed E-state index contributed by atoms with van der Waals surface area (Å²) in [6.07, 6.45) is 1.91. The molecule has 5 rings (SSSR count). The molecule has 0 unspecified atom stereocenters. The Hall–Kier alpha value is -4.34. The monoisotopic (exact) mass is 617 g/mol. The van der Waals surface area contributed by atoms with E-state index in [4.69, 9.17) is 26.4 Å². The van der Waals surface area contributed by atoms with Gasteiger partial charge < -0.3 is 9.84 Å². The van der Waals surface area contributed by atoms with Gasteiger partial charge in [0.1, 0.15) is 11.6 Å². The Kier molecular flexibility index (Phi) is 9.03. The maximum Gasteiger partial charge on any atom is 0.303 e. The molecule has 43 heavy (non-hydrogen) atoms. The molecule has 222 valence electrons. The number of nitrogens with one attached hydrogen (secondary N) is 1. The van der Waals surface area contributed by atoms with E-state index < -0.39 is 16.0 Å². The molecule has 0 aliphatic carbocycles. The maximum atomic E-state index is 13.4. The number of sulfonamides is 1. The molecule has 8 nitrogen and oxygen atoms in total. The van der Waals surface area contributed by atoms with Crippen molar-refractivity contribution in [3.8, 4) is 22.8 Å². The predicted molar refractivity (Wildman–Crippen MR) is 170 cm³/mol. The van der Waals surface area contributed by atoms with Crippen LogP contribution in [-0.4, -0.2) is 35.7 Å². The van der Waals surface area contributed by atoms with E-state index in [1.54, 1.807) is 12.1 Å². The third-order valence-electron chi connectivity index (χ3n) is 7.20. The van der Waals surface area contributed by atoms with Gasteiger partial charge in [0.15, 0.2) is 0 Å². The summed E-state index contributed by atoms with van der Waals surface area (Å²) in [6, 6.07) is 25.4. The van der Waals surface area contributed by atoms with Gasteiger partial charge in [-0.3, -0.25) is 14.1 Å². The topological polar surface area (TPSA) is 111 Å². The molecule has 0 aliphatic rings. The van der Waals surface area contributed by atoms with Crippen LogP contribution in [0.1, 0.15) is 36.8 Å². The van der Waals surface area contributed by atoms with Crippen LogP contribution in [0.2, 0.25) is 5.02 Å². The quantitative estimate of drug-likeness (QED) is 0.138. The number of benzene rings is 4. The molecule has 1 heterocycles. The van der Waals surface area contributed by atoms with Crippen LogP contribution in [0.3, 0.4) is 0 Å². The zero-order chi connectivity index (χ0) is 30.6. The van der Waals surface area contributed by atoms with Crippen LogP contribution in [0.15, 0.2) is 89.8 Å². The largest absolute Gasteiger partial charge is 0.491 e. The number of aliphatic carboxylic acids is 1. The molecule has 2 N–H and O–H groups in total. The van der Waals surface area contributed by atoms with E-state index in [2.05, 4.69) is 30.7 Å². The minimum atomic E-state index is -3.98. The Labute approximate surface area is 256 Å². The Morgan fingerprint density at radius 1 is 0.930 bits per heavy atom. The summed E-state index contributed by atoms with van der Waals surface area (Å²) in [6.45, 7) is 4.40. The first-order valence-electron chi connectivity index (χ1n) is 13.9. The number of aromatic nitrogens is 2. The van der Waals surface area contributed by atoms with E-state index in [-0.39, 0.29) is 23.6 Å². The Bertz CT molecular complexity index is 1870. The Morgan fingerprint density at radius 2 is 1.67 bits per heavy atom. The first-order valence-corrected chi connectivity index (χ1v) is 15.8. The van der Waals surface area contributed by atoms with Gasteiger partial charge in [-0.15, -0.1) is 0 Å². The molecule has 0 amide bonds. The summed E-state index contributed by atoms with van der Waals surface area (Å²) in [5.74, 6) is 0.211. The molecule has 0 radical (unpaired) electrons. The van der Waals surface area contributed by atoms with Crippen molar-refractivity contribution in [1.82, 2.24) is 9.55 Å². The van der Waals surface area contributed by atoms with Gasteiger partial charge >= 0.3 is 5.97 Å². The molecule has 0 spiro atoms. The lowest BCUT2D eigenvalue weighted by Gasteiger charge is -2.16. The summed E-state index contributed by atoms with van der Waals surface area (Å²) in [5.41, 5.74) is 5.69. The molecule has 0 saturated carbocycles. The lowest BCUT2D eigenvalue weighted by atomic mass is 10.1. The molecule has 5 aromatic rings. The van der Waals surface area contributed by atoms with Crippen molar-refractivity contribution in [1.29, 1.82) is 0 Å². The van der Waals surface area contributed by atoms with Crippen LogP contribution in [0.25, 0.3) is 28.1 Å². The fraction of sp³-hybridized carbons (Fsp3) is 0.212. The van der Waals surface area contributed by atoms with Crippen molar-refractivity contribution in [2.75, 3.05) is 11.3 Å². The van der Waals surface area contributed by atoms with Gasteiger partial charge in [-0.1, -0.05) is 48.0 Å². The third-order valence-corrected chi connectivity index (χ3v) is 8.83.